The molecule has 1 fully saturated rings. The van der Waals surface area contributed by atoms with E-state index in [0.29, 0.717) is 13.0 Å². The highest BCUT2D eigenvalue weighted by Crippen LogP contribution is 2.30. The molecule has 0 aliphatic heterocycles. The minimum Gasteiger partial charge on any atom is -0.352 e. The van der Waals surface area contributed by atoms with Crippen molar-refractivity contribution in [2.75, 3.05) is 0 Å². The third-order valence-electron chi connectivity index (χ3n) is 8.00. The largest absolute Gasteiger partial charge is 0.352 e. The number of carbonyl (C=O) groups is 2. The van der Waals surface area contributed by atoms with E-state index in [1.807, 2.05) is 95.9 Å². The van der Waals surface area contributed by atoms with Gasteiger partial charge in [-0.1, -0.05) is 132 Å². The summed E-state index contributed by atoms with van der Waals surface area (Å²) in [5.41, 5.74) is 4.19. The normalized spacial score (nSPS) is 14.1. The van der Waals surface area contributed by atoms with Gasteiger partial charge in [-0.05, 0) is 47.2 Å². The minimum absolute atomic E-state index is 0.0369. The van der Waals surface area contributed by atoms with E-state index in [4.69, 9.17) is 0 Å². The fourth-order valence-electron chi connectivity index (χ4n) is 5.84. The SMILES string of the molecule is O=C(NC1CCCC1)C(Cc1ccccc1)N(Cc1cccc(Br)c1)C(=O)CC(c1ccccc1)c1ccccc1. The quantitative estimate of drug-likeness (QED) is 0.190. The molecule has 210 valence electrons. The third-order valence-corrected chi connectivity index (χ3v) is 8.49. The maximum Gasteiger partial charge on any atom is 0.243 e. The predicted octanol–water partition coefficient (Wildman–Crippen LogP) is 7.67. The van der Waals surface area contributed by atoms with Crippen molar-refractivity contribution < 1.29 is 9.59 Å². The van der Waals surface area contributed by atoms with E-state index < -0.39 is 6.04 Å². The molecule has 1 atom stereocenters. The van der Waals surface area contributed by atoms with Crippen LogP contribution in [0.25, 0.3) is 0 Å². The van der Waals surface area contributed by atoms with E-state index in [-0.39, 0.29) is 30.2 Å². The lowest BCUT2D eigenvalue weighted by Gasteiger charge is -2.33. The first kappa shape index (κ1) is 28.8. The van der Waals surface area contributed by atoms with Crippen LogP contribution >= 0.6 is 15.9 Å². The van der Waals surface area contributed by atoms with Crippen LogP contribution in [0.3, 0.4) is 0 Å². The Balaban J connectivity index is 1.51. The molecule has 1 saturated carbocycles. The molecule has 1 unspecified atom stereocenters. The summed E-state index contributed by atoms with van der Waals surface area (Å²) in [7, 11) is 0. The van der Waals surface area contributed by atoms with Gasteiger partial charge < -0.3 is 10.2 Å². The lowest BCUT2D eigenvalue weighted by Crippen LogP contribution is -2.52. The lowest BCUT2D eigenvalue weighted by molar-refractivity contribution is -0.141. The average molecular weight is 610 g/mol. The van der Waals surface area contributed by atoms with Crippen LogP contribution in [0.15, 0.2) is 120 Å². The van der Waals surface area contributed by atoms with Gasteiger partial charge in [0.1, 0.15) is 6.04 Å². The summed E-state index contributed by atoms with van der Waals surface area (Å²) < 4.78 is 0.948. The smallest absolute Gasteiger partial charge is 0.243 e. The Morgan fingerprint density at radius 3 is 1.90 bits per heavy atom. The molecule has 1 aliphatic carbocycles. The monoisotopic (exact) mass is 608 g/mol. The maximum absolute atomic E-state index is 14.5. The summed E-state index contributed by atoms with van der Waals surface area (Å²) in [6.45, 7) is 0.351. The number of hydrogen-bond acceptors (Lipinski definition) is 2. The molecule has 1 aliphatic rings. The van der Waals surface area contributed by atoms with Crippen LogP contribution in [0.2, 0.25) is 0 Å². The van der Waals surface area contributed by atoms with Crippen molar-refractivity contribution in [3.8, 4) is 0 Å². The second-order valence-electron chi connectivity index (χ2n) is 10.9. The molecule has 41 heavy (non-hydrogen) atoms. The van der Waals surface area contributed by atoms with Crippen LogP contribution < -0.4 is 5.32 Å². The summed E-state index contributed by atoms with van der Waals surface area (Å²) in [6, 6.07) is 38.0. The third kappa shape index (κ3) is 7.95. The van der Waals surface area contributed by atoms with Crippen molar-refractivity contribution >= 4 is 27.7 Å². The first-order valence-electron chi connectivity index (χ1n) is 14.5. The van der Waals surface area contributed by atoms with Crippen LogP contribution in [-0.2, 0) is 22.6 Å². The number of rotatable bonds is 11. The lowest BCUT2D eigenvalue weighted by atomic mass is 9.87. The van der Waals surface area contributed by atoms with Crippen molar-refractivity contribution in [1.29, 1.82) is 0 Å². The van der Waals surface area contributed by atoms with Gasteiger partial charge in [-0.25, -0.2) is 0 Å². The van der Waals surface area contributed by atoms with Crippen LogP contribution in [0.1, 0.15) is 60.3 Å². The summed E-state index contributed by atoms with van der Waals surface area (Å²) in [4.78, 5) is 30.3. The Morgan fingerprint density at radius 2 is 1.32 bits per heavy atom. The Morgan fingerprint density at radius 1 is 0.756 bits per heavy atom. The number of amides is 2. The van der Waals surface area contributed by atoms with Crippen molar-refractivity contribution in [2.45, 2.75) is 63.1 Å². The maximum atomic E-state index is 14.5. The van der Waals surface area contributed by atoms with Gasteiger partial charge >= 0.3 is 0 Å². The summed E-state index contributed by atoms with van der Waals surface area (Å²) in [5.74, 6) is -0.226. The Kier molecular flexibility index (Phi) is 10.0. The van der Waals surface area contributed by atoms with Gasteiger partial charge in [0.2, 0.25) is 11.8 Å². The van der Waals surface area contributed by atoms with E-state index in [9.17, 15) is 9.59 Å². The molecule has 0 spiro atoms. The molecule has 5 heteroatoms. The van der Waals surface area contributed by atoms with Gasteiger partial charge in [0.05, 0.1) is 0 Å². The molecule has 2 amide bonds. The Labute approximate surface area is 251 Å². The highest BCUT2D eigenvalue weighted by molar-refractivity contribution is 9.10. The number of carbonyl (C=O) groups excluding carboxylic acids is 2. The minimum atomic E-state index is -0.628. The van der Waals surface area contributed by atoms with Gasteiger partial charge in [0.15, 0.2) is 0 Å². The molecule has 0 aromatic heterocycles. The number of benzene rings is 4. The second-order valence-corrected chi connectivity index (χ2v) is 11.8. The molecule has 4 aromatic rings. The summed E-state index contributed by atoms with van der Waals surface area (Å²) in [6.07, 6.45) is 4.97. The topological polar surface area (TPSA) is 49.4 Å². The van der Waals surface area contributed by atoms with Crippen LogP contribution in [0, 0.1) is 0 Å². The number of hydrogen-bond donors (Lipinski definition) is 1. The summed E-state index contributed by atoms with van der Waals surface area (Å²) >= 11 is 3.59. The molecule has 5 rings (SSSR count). The van der Waals surface area contributed by atoms with E-state index >= 15 is 0 Å². The molecular weight excluding hydrogens is 572 g/mol. The highest BCUT2D eigenvalue weighted by Gasteiger charge is 2.33. The van der Waals surface area contributed by atoms with Gasteiger partial charge in [-0.3, -0.25) is 9.59 Å². The number of halogens is 1. The predicted molar refractivity (Wildman–Crippen MR) is 168 cm³/mol. The van der Waals surface area contributed by atoms with Crippen molar-refractivity contribution in [1.82, 2.24) is 10.2 Å². The van der Waals surface area contributed by atoms with Crippen LogP contribution in [0.5, 0.6) is 0 Å². The fraction of sp³-hybridized carbons (Fsp3) is 0.278. The molecule has 0 bridgehead atoms. The molecule has 0 heterocycles. The van der Waals surface area contributed by atoms with Crippen LogP contribution in [0.4, 0.5) is 0 Å². The molecule has 0 radical (unpaired) electrons. The molecular formula is C36H37BrN2O2. The van der Waals surface area contributed by atoms with Gasteiger partial charge in [-0.15, -0.1) is 0 Å². The Bertz CT molecular complexity index is 1370. The zero-order chi connectivity index (χ0) is 28.4. The number of nitrogens with zero attached hydrogens (tertiary/aromatic N) is 1. The molecule has 4 aromatic carbocycles. The molecule has 1 N–H and O–H groups in total. The van der Waals surface area contributed by atoms with E-state index in [1.165, 1.54) is 0 Å². The molecule has 0 saturated heterocycles. The van der Waals surface area contributed by atoms with E-state index in [1.54, 1.807) is 0 Å². The van der Waals surface area contributed by atoms with Gasteiger partial charge in [0.25, 0.3) is 0 Å². The van der Waals surface area contributed by atoms with Crippen molar-refractivity contribution in [2.24, 2.45) is 0 Å². The van der Waals surface area contributed by atoms with E-state index in [0.717, 1.165) is 52.4 Å². The second kappa shape index (κ2) is 14.3. The summed E-state index contributed by atoms with van der Waals surface area (Å²) in [5, 5.41) is 3.31. The fourth-order valence-corrected chi connectivity index (χ4v) is 6.29. The number of nitrogens with one attached hydrogen (secondary N) is 1. The first-order valence-corrected chi connectivity index (χ1v) is 15.3. The van der Waals surface area contributed by atoms with Crippen molar-refractivity contribution in [3.63, 3.8) is 0 Å². The van der Waals surface area contributed by atoms with E-state index in [2.05, 4.69) is 45.5 Å². The zero-order valence-electron chi connectivity index (χ0n) is 23.3. The average Bonchev–Trinajstić information content (AvgIpc) is 3.52. The standard InChI is InChI=1S/C36H37BrN2O2/c37-31-20-12-15-28(23-31)26-39(34(24-27-13-4-1-5-14-27)36(41)38-32-21-10-11-22-32)35(40)25-33(29-16-6-2-7-17-29)30-18-8-3-9-19-30/h1-9,12-20,23,32-34H,10-11,21-22,24-26H2,(H,38,41). The van der Waals surface area contributed by atoms with Gasteiger partial charge in [0, 0.05) is 35.8 Å². The van der Waals surface area contributed by atoms with Gasteiger partial charge in [-0.2, -0.15) is 0 Å². The van der Waals surface area contributed by atoms with Crippen molar-refractivity contribution in [3.05, 3.63) is 142 Å². The zero-order valence-corrected chi connectivity index (χ0v) is 24.9. The molecule has 4 nitrogen and oxygen atoms in total. The van der Waals surface area contributed by atoms with Crippen LogP contribution in [-0.4, -0.2) is 28.8 Å². The first-order chi connectivity index (χ1) is 20.1. The highest BCUT2D eigenvalue weighted by atomic mass is 79.9. The Hall–Kier alpha value is -3.70.